The molecule has 0 spiro atoms. The van der Waals surface area contributed by atoms with Gasteiger partial charge in [-0.05, 0) is 29.7 Å². The Balaban J connectivity index is 2.06. The number of carboxylic acids is 1. The van der Waals surface area contributed by atoms with E-state index in [1.54, 1.807) is 10.9 Å². The van der Waals surface area contributed by atoms with Gasteiger partial charge in [-0.15, -0.1) is 0 Å². The second-order valence-electron chi connectivity index (χ2n) is 6.25. The van der Waals surface area contributed by atoms with E-state index in [0.29, 0.717) is 5.75 Å². The number of thiol groups is 1. The number of hydrogen-bond acceptors (Lipinski definition) is 4. The van der Waals surface area contributed by atoms with E-state index in [0.717, 1.165) is 11.3 Å². The lowest BCUT2D eigenvalue weighted by Gasteiger charge is -2.21. The highest BCUT2D eigenvalue weighted by molar-refractivity contribution is 7.80. The first-order valence-corrected chi connectivity index (χ1v) is 8.78. The van der Waals surface area contributed by atoms with E-state index >= 15 is 0 Å². The van der Waals surface area contributed by atoms with Gasteiger partial charge in [0.15, 0.2) is 0 Å². The molecule has 2 atom stereocenters. The molecule has 0 saturated carbocycles. The molecule has 1 amide bonds. The molecule has 7 heteroatoms. The third-order valence-corrected chi connectivity index (χ3v) is 4.49. The molecular weight excluding hydrogens is 338 g/mol. The van der Waals surface area contributed by atoms with Gasteiger partial charge in [0.1, 0.15) is 6.04 Å². The molecule has 25 heavy (non-hydrogen) atoms. The van der Waals surface area contributed by atoms with Crippen LogP contribution < -0.4 is 5.32 Å². The number of nitrogens with zero attached hydrogens (tertiary/aromatic N) is 2. The van der Waals surface area contributed by atoms with Crippen LogP contribution in [0, 0.1) is 11.8 Å². The summed E-state index contributed by atoms with van der Waals surface area (Å²) in [5, 5.41) is 16.2. The topological polar surface area (TPSA) is 84.2 Å². The van der Waals surface area contributed by atoms with Crippen LogP contribution in [0.3, 0.4) is 0 Å². The molecule has 0 radical (unpaired) electrons. The van der Waals surface area contributed by atoms with Crippen LogP contribution in [0.4, 0.5) is 0 Å². The number of carbonyl (C=O) groups is 2. The standard InChI is InChI=1S/C18H23N3O3S/c1-12(2)15(11-25)17(22)20-16(18(23)24)10-13-4-6-14(7-5-13)21-9-3-8-19-21/h3-9,12,15-16,25H,10-11H2,1-2H3,(H,20,22)(H,23,24)/t15-,16+/m1/s1. The molecule has 0 fully saturated rings. The smallest absolute Gasteiger partial charge is 0.326 e. The van der Waals surface area contributed by atoms with E-state index in [9.17, 15) is 14.7 Å². The molecule has 0 aliphatic rings. The number of aliphatic carboxylic acids is 1. The molecule has 0 aliphatic carbocycles. The van der Waals surface area contributed by atoms with Crippen molar-refractivity contribution in [1.82, 2.24) is 15.1 Å². The summed E-state index contributed by atoms with van der Waals surface area (Å²) in [7, 11) is 0. The van der Waals surface area contributed by atoms with Crippen molar-refractivity contribution in [2.45, 2.75) is 26.3 Å². The van der Waals surface area contributed by atoms with Crippen LogP contribution >= 0.6 is 12.6 Å². The minimum absolute atomic E-state index is 0.0975. The summed E-state index contributed by atoms with van der Waals surface area (Å²) in [5.41, 5.74) is 1.72. The van der Waals surface area contributed by atoms with E-state index in [4.69, 9.17) is 0 Å². The minimum atomic E-state index is -1.05. The van der Waals surface area contributed by atoms with Gasteiger partial charge >= 0.3 is 5.97 Å². The number of rotatable bonds is 8. The maximum Gasteiger partial charge on any atom is 0.326 e. The predicted octanol–water partition coefficient (Wildman–Crippen LogP) is 2.19. The van der Waals surface area contributed by atoms with Crippen molar-refractivity contribution in [3.05, 3.63) is 48.3 Å². The van der Waals surface area contributed by atoms with Crippen LogP contribution in [0.1, 0.15) is 19.4 Å². The third-order valence-electron chi connectivity index (χ3n) is 4.10. The Morgan fingerprint density at radius 1 is 1.28 bits per heavy atom. The quantitative estimate of drug-likeness (QED) is 0.629. The lowest BCUT2D eigenvalue weighted by molar-refractivity contribution is -0.142. The monoisotopic (exact) mass is 361 g/mol. The molecule has 0 aliphatic heterocycles. The molecule has 0 unspecified atom stereocenters. The van der Waals surface area contributed by atoms with Crippen molar-refractivity contribution < 1.29 is 14.7 Å². The summed E-state index contributed by atoms with van der Waals surface area (Å²) in [4.78, 5) is 23.8. The van der Waals surface area contributed by atoms with Crippen molar-refractivity contribution in [3.8, 4) is 5.69 Å². The predicted molar refractivity (Wildman–Crippen MR) is 99.0 cm³/mol. The normalized spacial score (nSPS) is 13.4. The molecule has 1 heterocycles. The molecular formula is C18H23N3O3S. The highest BCUT2D eigenvalue weighted by atomic mass is 32.1. The first-order chi connectivity index (χ1) is 11.9. The number of carboxylic acid groups (broad SMARTS) is 1. The molecule has 1 aromatic heterocycles. The van der Waals surface area contributed by atoms with Crippen molar-refractivity contribution >= 4 is 24.5 Å². The third kappa shape index (κ3) is 5.09. The van der Waals surface area contributed by atoms with E-state index < -0.39 is 12.0 Å². The molecule has 0 bridgehead atoms. The van der Waals surface area contributed by atoms with Gasteiger partial charge in [0, 0.05) is 30.5 Å². The Labute approximate surface area is 152 Å². The number of nitrogens with one attached hydrogen (secondary N) is 1. The number of carbonyl (C=O) groups excluding carboxylic acids is 1. The number of amides is 1. The SMILES string of the molecule is CC(C)[C@@H](CS)C(=O)N[C@@H](Cc1ccc(-n2cccn2)cc1)C(=O)O. The zero-order chi connectivity index (χ0) is 18.4. The number of benzene rings is 1. The summed E-state index contributed by atoms with van der Waals surface area (Å²) in [6, 6.07) is 8.29. The molecule has 0 saturated heterocycles. The molecule has 2 N–H and O–H groups in total. The average molecular weight is 361 g/mol. The average Bonchev–Trinajstić information content (AvgIpc) is 3.09. The van der Waals surface area contributed by atoms with Crippen LogP contribution in [0.25, 0.3) is 5.69 Å². The lowest BCUT2D eigenvalue weighted by atomic mass is 9.96. The largest absolute Gasteiger partial charge is 0.480 e. The van der Waals surface area contributed by atoms with Crippen molar-refractivity contribution in [3.63, 3.8) is 0 Å². The van der Waals surface area contributed by atoms with Crippen LogP contribution in [-0.2, 0) is 16.0 Å². The first-order valence-electron chi connectivity index (χ1n) is 8.15. The zero-order valence-corrected chi connectivity index (χ0v) is 15.2. The van der Waals surface area contributed by atoms with E-state index in [-0.39, 0.29) is 24.2 Å². The fourth-order valence-corrected chi connectivity index (χ4v) is 3.10. The Morgan fingerprint density at radius 3 is 2.44 bits per heavy atom. The highest BCUT2D eigenvalue weighted by Gasteiger charge is 2.26. The number of hydrogen-bond donors (Lipinski definition) is 3. The summed E-state index contributed by atoms with van der Waals surface area (Å²) < 4.78 is 1.72. The van der Waals surface area contributed by atoms with E-state index in [2.05, 4.69) is 23.0 Å². The van der Waals surface area contributed by atoms with Crippen molar-refractivity contribution in [2.24, 2.45) is 11.8 Å². The van der Waals surface area contributed by atoms with Crippen LogP contribution in [0.2, 0.25) is 0 Å². The van der Waals surface area contributed by atoms with Crippen LogP contribution in [-0.4, -0.2) is 38.6 Å². The van der Waals surface area contributed by atoms with Gasteiger partial charge in [-0.25, -0.2) is 9.48 Å². The van der Waals surface area contributed by atoms with Gasteiger partial charge in [0.05, 0.1) is 5.69 Å². The van der Waals surface area contributed by atoms with E-state index in [1.807, 2.05) is 50.4 Å². The fourth-order valence-electron chi connectivity index (χ4n) is 2.52. The molecule has 2 aromatic rings. The number of aromatic nitrogens is 2. The van der Waals surface area contributed by atoms with Gasteiger partial charge in [-0.2, -0.15) is 17.7 Å². The fraction of sp³-hybridized carbons (Fsp3) is 0.389. The van der Waals surface area contributed by atoms with Crippen molar-refractivity contribution in [1.29, 1.82) is 0 Å². The van der Waals surface area contributed by atoms with Gasteiger partial charge in [-0.3, -0.25) is 4.79 Å². The Kier molecular flexibility index (Phi) is 6.64. The molecule has 2 rings (SSSR count). The second-order valence-corrected chi connectivity index (χ2v) is 6.62. The Bertz CT molecular complexity index is 699. The minimum Gasteiger partial charge on any atom is -0.480 e. The molecule has 134 valence electrons. The second kappa shape index (κ2) is 8.71. The molecule has 1 aromatic carbocycles. The van der Waals surface area contributed by atoms with Gasteiger partial charge in [0.25, 0.3) is 0 Å². The highest BCUT2D eigenvalue weighted by Crippen LogP contribution is 2.14. The maximum absolute atomic E-state index is 12.3. The van der Waals surface area contributed by atoms with Gasteiger partial charge < -0.3 is 10.4 Å². The lowest BCUT2D eigenvalue weighted by Crippen LogP contribution is -2.46. The maximum atomic E-state index is 12.3. The summed E-state index contributed by atoms with van der Waals surface area (Å²) in [5.74, 6) is -1.15. The summed E-state index contributed by atoms with van der Waals surface area (Å²) >= 11 is 4.19. The van der Waals surface area contributed by atoms with Crippen LogP contribution in [0.15, 0.2) is 42.7 Å². The first kappa shape index (κ1) is 19.1. The van der Waals surface area contributed by atoms with Gasteiger partial charge in [-0.1, -0.05) is 26.0 Å². The Morgan fingerprint density at radius 2 is 1.96 bits per heavy atom. The summed E-state index contributed by atoms with van der Waals surface area (Å²) in [6.07, 6.45) is 3.74. The van der Waals surface area contributed by atoms with Crippen molar-refractivity contribution in [2.75, 3.05) is 5.75 Å². The van der Waals surface area contributed by atoms with E-state index in [1.165, 1.54) is 0 Å². The molecule has 6 nitrogen and oxygen atoms in total. The Hall–Kier alpha value is -2.28. The zero-order valence-electron chi connectivity index (χ0n) is 14.3. The van der Waals surface area contributed by atoms with Crippen LogP contribution in [0.5, 0.6) is 0 Å². The summed E-state index contributed by atoms with van der Waals surface area (Å²) in [6.45, 7) is 3.84. The van der Waals surface area contributed by atoms with Gasteiger partial charge in [0.2, 0.25) is 5.91 Å².